The highest BCUT2D eigenvalue weighted by atomic mass is 32.2. The largest absolute Gasteiger partial charge is 0.341 e. The predicted molar refractivity (Wildman–Crippen MR) is 102 cm³/mol. The number of hydrogen-bond donors (Lipinski definition) is 0. The molecule has 1 aromatic carbocycles. The number of carbonyl (C=O) groups excluding carboxylic acids is 2. The van der Waals surface area contributed by atoms with Gasteiger partial charge in [-0.2, -0.15) is 0 Å². The summed E-state index contributed by atoms with van der Waals surface area (Å²) in [6.07, 6.45) is 4.15. The van der Waals surface area contributed by atoms with Crippen LogP contribution in [0, 0.1) is 12.8 Å². The van der Waals surface area contributed by atoms with Crippen molar-refractivity contribution in [2.45, 2.75) is 49.7 Å². The van der Waals surface area contributed by atoms with Gasteiger partial charge in [0.1, 0.15) is 0 Å². The summed E-state index contributed by atoms with van der Waals surface area (Å²) in [4.78, 5) is 30.3. The molecular weight excluding hydrogens is 332 g/mol. The molecule has 0 radical (unpaired) electrons. The fraction of sp³-hybridized carbons (Fsp3) is 0.600. The van der Waals surface area contributed by atoms with Crippen LogP contribution in [0.4, 0.5) is 0 Å². The summed E-state index contributed by atoms with van der Waals surface area (Å²) in [5.41, 5.74) is 1.23. The van der Waals surface area contributed by atoms with Gasteiger partial charge in [-0.3, -0.25) is 9.59 Å². The summed E-state index contributed by atoms with van der Waals surface area (Å²) in [5.74, 6) is 0.740. The Hall–Kier alpha value is -1.49. The average molecular weight is 361 g/mol. The van der Waals surface area contributed by atoms with Gasteiger partial charge in [0.15, 0.2) is 0 Å². The molecule has 1 unspecified atom stereocenters. The molecule has 25 heavy (non-hydrogen) atoms. The van der Waals surface area contributed by atoms with Gasteiger partial charge in [0.05, 0.1) is 5.25 Å². The molecule has 5 heteroatoms. The number of rotatable bonds is 4. The van der Waals surface area contributed by atoms with Crippen LogP contribution in [0.15, 0.2) is 29.2 Å². The summed E-state index contributed by atoms with van der Waals surface area (Å²) in [6, 6.07) is 8.31. The molecule has 2 aliphatic rings. The molecular formula is C20H28N2O2S. The number of thioether (sulfide) groups is 1. The van der Waals surface area contributed by atoms with Crippen LogP contribution in [0.1, 0.15) is 38.2 Å². The summed E-state index contributed by atoms with van der Waals surface area (Å²) >= 11 is 1.61. The number of amides is 2. The van der Waals surface area contributed by atoms with Gasteiger partial charge in [0.2, 0.25) is 11.8 Å². The molecule has 136 valence electrons. The second kappa shape index (κ2) is 8.26. The van der Waals surface area contributed by atoms with Gasteiger partial charge in [0.25, 0.3) is 0 Å². The number of benzene rings is 1. The van der Waals surface area contributed by atoms with Gasteiger partial charge in [-0.1, -0.05) is 24.1 Å². The van der Waals surface area contributed by atoms with E-state index in [9.17, 15) is 9.59 Å². The lowest BCUT2D eigenvalue weighted by atomic mass is 9.84. The maximum absolute atomic E-state index is 12.8. The van der Waals surface area contributed by atoms with Crippen LogP contribution in [0.25, 0.3) is 0 Å². The lowest BCUT2D eigenvalue weighted by Crippen LogP contribution is -2.42. The van der Waals surface area contributed by atoms with Gasteiger partial charge >= 0.3 is 0 Å². The molecule has 0 spiro atoms. The first-order valence-corrected chi connectivity index (χ1v) is 10.2. The molecule has 4 nitrogen and oxygen atoms in total. The third kappa shape index (κ3) is 4.57. The summed E-state index contributed by atoms with van der Waals surface area (Å²) in [5, 5.41) is -0.100. The van der Waals surface area contributed by atoms with Gasteiger partial charge in [-0.05, 0) is 45.2 Å². The second-order valence-corrected chi connectivity index (χ2v) is 8.62. The normalized spacial score (nSPS) is 19.9. The third-order valence-electron chi connectivity index (χ3n) is 5.26. The Morgan fingerprint density at radius 2 is 1.64 bits per heavy atom. The van der Waals surface area contributed by atoms with E-state index in [1.807, 2.05) is 16.7 Å². The molecule has 1 saturated carbocycles. The molecule has 1 aliphatic heterocycles. The molecule has 0 aromatic heterocycles. The van der Waals surface area contributed by atoms with E-state index in [0.717, 1.165) is 37.2 Å². The van der Waals surface area contributed by atoms with E-state index in [2.05, 4.69) is 31.2 Å². The Morgan fingerprint density at radius 1 is 1.00 bits per heavy atom. The van der Waals surface area contributed by atoms with Gasteiger partial charge in [0, 0.05) is 37.0 Å². The highest BCUT2D eigenvalue weighted by molar-refractivity contribution is 8.00. The zero-order valence-corrected chi connectivity index (χ0v) is 16.1. The SMILES string of the molecule is Cc1ccc(SC(C)C(=O)N2CCCN(C(=O)C3CCC3)CC2)cc1. The Balaban J connectivity index is 1.53. The van der Waals surface area contributed by atoms with Crippen molar-refractivity contribution in [2.24, 2.45) is 5.92 Å². The number of carbonyl (C=O) groups is 2. The highest BCUT2D eigenvalue weighted by Crippen LogP contribution is 2.29. The van der Waals surface area contributed by atoms with Crippen LogP contribution < -0.4 is 0 Å². The highest BCUT2D eigenvalue weighted by Gasteiger charge is 2.31. The van der Waals surface area contributed by atoms with Crippen molar-refractivity contribution in [3.8, 4) is 0 Å². The molecule has 1 aliphatic carbocycles. The average Bonchev–Trinajstić information content (AvgIpc) is 2.80. The summed E-state index contributed by atoms with van der Waals surface area (Å²) in [6.45, 7) is 6.94. The standard InChI is InChI=1S/C20H28N2O2S/c1-15-7-9-18(10-8-15)25-16(2)19(23)21-11-4-12-22(14-13-21)20(24)17-5-3-6-17/h7-10,16-17H,3-6,11-14H2,1-2H3. The van der Waals surface area contributed by atoms with Gasteiger partial charge in [-0.15, -0.1) is 11.8 Å². The van der Waals surface area contributed by atoms with Crippen LogP contribution >= 0.6 is 11.8 Å². The lowest BCUT2D eigenvalue weighted by Gasteiger charge is -2.31. The minimum atomic E-state index is -0.100. The quantitative estimate of drug-likeness (QED) is 0.773. The van der Waals surface area contributed by atoms with Crippen LogP contribution in [0.2, 0.25) is 0 Å². The number of aryl methyl sites for hydroxylation is 1. The van der Waals surface area contributed by atoms with Crippen LogP contribution in [0.3, 0.4) is 0 Å². The zero-order chi connectivity index (χ0) is 17.8. The van der Waals surface area contributed by atoms with Crippen LogP contribution in [-0.4, -0.2) is 53.0 Å². The second-order valence-electron chi connectivity index (χ2n) is 7.21. The molecule has 3 rings (SSSR count). The summed E-state index contributed by atoms with van der Waals surface area (Å²) < 4.78 is 0. The van der Waals surface area contributed by atoms with Crippen LogP contribution in [-0.2, 0) is 9.59 Å². The predicted octanol–water partition coefficient (Wildman–Crippen LogP) is 3.34. The molecule has 0 bridgehead atoms. The Morgan fingerprint density at radius 3 is 2.28 bits per heavy atom. The topological polar surface area (TPSA) is 40.6 Å². The lowest BCUT2D eigenvalue weighted by molar-refractivity contribution is -0.138. The monoisotopic (exact) mass is 360 g/mol. The Kier molecular flexibility index (Phi) is 6.05. The van der Waals surface area contributed by atoms with E-state index in [1.165, 1.54) is 12.0 Å². The van der Waals surface area contributed by atoms with Crippen molar-refractivity contribution < 1.29 is 9.59 Å². The number of hydrogen-bond acceptors (Lipinski definition) is 3. The van der Waals surface area contributed by atoms with E-state index >= 15 is 0 Å². The fourth-order valence-electron chi connectivity index (χ4n) is 3.40. The minimum absolute atomic E-state index is 0.100. The van der Waals surface area contributed by atoms with E-state index < -0.39 is 0 Å². The van der Waals surface area contributed by atoms with Crippen molar-refractivity contribution in [1.82, 2.24) is 9.80 Å². The van der Waals surface area contributed by atoms with E-state index in [-0.39, 0.29) is 17.1 Å². The summed E-state index contributed by atoms with van der Waals surface area (Å²) in [7, 11) is 0. The molecule has 2 fully saturated rings. The molecule has 1 aromatic rings. The van der Waals surface area contributed by atoms with Gasteiger partial charge in [-0.25, -0.2) is 0 Å². The van der Waals surface area contributed by atoms with Crippen LogP contribution in [0.5, 0.6) is 0 Å². The molecule has 1 heterocycles. The zero-order valence-electron chi connectivity index (χ0n) is 15.2. The Bertz CT molecular complexity index is 613. The Labute approximate surface area is 154 Å². The van der Waals surface area contributed by atoms with Crippen molar-refractivity contribution >= 4 is 23.6 Å². The van der Waals surface area contributed by atoms with Gasteiger partial charge < -0.3 is 9.80 Å². The van der Waals surface area contributed by atoms with E-state index in [0.29, 0.717) is 19.0 Å². The van der Waals surface area contributed by atoms with Crippen molar-refractivity contribution in [3.63, 3.8) is 0 Å². The maximum Gasteiger partial charge on any atom is 0.235 e. The van der Waals surface area contributed by atoms with Crippen molar-refractivity contribution in [1.29, 1.82) is 0 Å². The first-order valence-electron chi connectivity index (χ1n) is 9.35. The smallest absolute Gasteiger partial charge is 0.235 e. The fourth-order valence-corrected chi connectivity index (χ4v) is 4.35. The molecule has 1 saturated heterocycles. The number of nitrogens with zero attached hydrogens (tertiary/aromatic N) is 2. The third-order valence-corrected chi connectivity index (χ3v) is 6.35. The maximum atomic E-state index is 12.8. The van der Waals surface area contributed by atoms with E-state index in [4.69, 9.17) is 0 Å². The van der Waals surface area contributed by atoms with Crippen molar-refractivity contribution in [3.05, 3.63) is 29.8 Å². The van der Waals surface area contributed by atoms with Crippen molar-refractivity contribution in [2.75, 3.05) is 26.2 Å². The molecule has 1 atom stereocenters. The minimum Gasteiger partial charge on any atom is -0.341 e. The van der Waals surface area contributed by atoms with E-state index in [1.54, 1.807) is 11.8 Å². The molecule has 0 N–H and O–H groups in total. The molecule has 2 amide bonds. The first-order chi connectivity index (χ1) is 12.0. The first kappa shape index (κ1) is 18.3.